The minimum atomic E-state index is 0.891. The van der Waals surface area contributed by atoms with E-state index in [4.69, 9.17) is 0 Å². The molecule has 4 rings (SSSR count). The number of H-pyrrole nitrogens is 1. The average molecular weight is 291 g/mol. The summed E-state index contributed by atoms with van der Waals surface area (Å²) in [6.45, 7) is 0.891. The van der Waals surface area contributed by atoms with Crippen LogP contribution in [0.3, 0.4) is 0 Å². The fraction of sp³-hybridized carbons (Fsp3) is 0.176. The van der Waals surface area contributed by atoms with E-state index in [0.29, 0.717) is 0 Å². The molecule has 5 heteroatoms. The molecule has 1 aromatic carbocycles. The van der Waals surface area contributed by atoms with Crippen molar-refractivity contribution < 1.29 is 0 Å². The second kappa shape index (κ2) is 5.18. The van der Waals surface area contributed by atoms with E-state index in [2.05, 4.69) is 50.1 Å². The molecule has 0 aliphatic rings. The van der Waals surface area contributed by atoms with Gasteiger partial charge in [-0.25, -0.2) is 4.98 Å². The summed E-state index contributed by atoms with van der Waals surface area (Å²) in [5.41, 5.74) is 3.54. The first-order chi connectivity index (χ1) is 10.8. The normalized spacial score (nSPS) is 11.3. The molecule has 22 heavy (non-hydrogen) atoms. The minimum absolute atomic E-state index is 0.891. The van der Waals surface area contributed by atoms with Gasteiger partial charge in [-0.1, -0.05) is 12.1 Å². The number of nitrogens with zero attached hydrogens (tertiary/aromatic N) is 4. The topological polar surface area (TPSA) is 51.4 Å². The third-order valence-electron chi connectivity index (χ3n) is 3.95. The SMILES string of the molecule is Cn1cc(CCn2ccnc2-c2cccc3[nH]ccc23)cn1. The van der Waals surface area contributed by atoms with Crippen molar-refractivity contribution >= 4 is 10.9 Å². The van der Waals surface area contributed by atoms with Gasteiger partial charge >= 0.3 is 0 Å². The molecule has 0 unspecified atom stereocenters. The van der Waals surface area contributed by atoms with E-state index in [1.165, 1.54) is 10.9 Å². The molecule has 5 nitrogen and oxygen atoms in total. The van der Waals surface area contributed by atoms with Crippen LogP contribution in [0, 0.1) is 0 Å². The highest BCUT2D eigenvalue weighted by molar-refractivity contribution is 5.93. The quantitative estimate of drug-likeness (QED) is 0.628. The second-order valence-corrected chi connectivity index (χ2v) is 5.46. The second-order valence-electron chi connectivity index (χ2n) is 5.46. The first kappa shape index (κ1) is 12.9. The van der Waals surface area contributed by atoms with Gasteiger partial charge < -0.3 is 9.55 Å². The highest BCUT2D eigenvalue weighted by Gasteiger charge is 2.10. The van der Waals surface area contributed by atoms with E-state index in [1.54, 1.807) is 0 Å². The molecule has 0 saturated heterocycles. The van der Waals surface area contributed by atoms with Crippen LogP contribution in [0.5, 0.6) is 0 Å². The molecule has 1 N–H and O–H groups in total. The fourth-order valence-corrected chi connectivity index (χ4v) is 2.86. The molecule has 0 aliphatic carbocycles. The Morgan fingerprint density at radius 1 is 1.23 bits per heavy atom. The van der Waals surface area contributed by atoms with E-state index >= 15 is 0 Å². The standard InChI is InChI=1S/C17H17N5/c1-21-12-13(11-20-21)6-9-22-10-8-19-17(22)15-3-2-4-16-14(15)5-7-18-16/h2-5,7-8,10-12,18H,6,9H2,1H3. The van der Waals surface area contributed by atoms with Gasteiger partial charge in [0.15, 0.2) is 0 Å². The minimum Gasteiger partial charge on any atom is -0.361 e. The van der Waals surface area contributed by atoms with Crippen LogP contribution >= 0.6 is 0 Å². The van der Waals surface area contributed by atoms with Crippen LogP contribution in [-0.2, 0) is 20.0 Å². The lowest BCUT2D eigenvalue weighted by molar-refractivity contribution is 0.702. The van der Waals surface area contributed by atoms with Gasteiger partial charge in [-0.3, -0.25) is 4.68 Å². The zero-order chi connectivity index (χ0) is 14.9. The van der Waals surface area contributed by atoms with Crippen molar-refractivity contribution in [1.29, 1.82) is 0 Å². The van der Waals surface area contributed by atoms with E-state index in [9.17, 15) is 0 Å². The smallest absolute Gasteiger partial charge is 0.140 e. The van der Waals surface area contributed by atoms with Crippen LogP contribution in [0.15, 0.2) is 55.2 Å². The van der Waals surface area contributed by atoms with Crippen molar-refractivity contribution in [2.24, 2.45) is 7.05 Å². The number of hydrogen-bond donors (Lipinski definition) is 1. The van der Waals surface area contributed by atoms with Crippen molar-refractivity contribution in [1.82, 2.24) is 24.3 Å². The molecular weight excluding hydrogens is 274 g/mol. The van der Waals surface area contributed by atoms with Gasteiger partial charge in [0.05, 0.1) is 6.20 Å². The van der Waals surface area contributed by atoms with Crippen LogP contribution < -0.4 is 0 Å². The largest absolute Gasteiger partial charge is 0.361 e. The molecule has 0 bridgehead atoms. The maximum absolute atomic E-state index is 4.56. The lowest BCUT2D eigenvalue weighted by atomic mass is 10.1. The maximum atomic E-state index is 4.56. The van der Waals surface area contributed by atoms with Crippen LogP contribution in [0.25, 0.3) is 22.3 Å². The number of aryl methyl sites for hydroxylation is 3. The van der Waals surface area contributed by atoms with Gasteiger partial charge in [-0.2, -0.15) is 5.10 Å². The van der Waals surface area contributed by atoms with Gasteiger partial charge in [-0.05, 0) is 24.1 Å². The van der Waals surface area contributed by atoms with Crippen molar-refractivity contribution in [3.05, 3.63) is 60.8 Å². The molecule has 0 amide bonds. The molecule has 0 radical (unpaired) electrons. The zero-order valence-corrected chi connectivity index (χ0v) is 12.4. The summed E-state index contributed by atoms with van der Waals surface area (Å²) in [6.07, 6.45) is 10.8. The van der Waals surface area contributed by atoms with Crippen molar-refractivity contribution in [3.8, 4) is 11.4 Å². The summed E-state index contributed by atoms with van der Waals surface area (Å²) in [4.78, 5) is 7.82. The van der Waals surface area contributed by atoms with Gasteiger partial charge in [-0.15, -0.1) is 0 Å². The summed E-state index contributed by atoms with van der Waals surface area (Å²) in [6, 6.07) is 8.37. The van der Waals surface area contributed by atoms with Gasteiger partial charge in [0.25, 0.3) is 0 Å². The summed E-state index contributed by atoms with van der Waals surface area (Å²) < 4.78 is 4.04. The Kier molecular flexibility index (Phi) is 3.04. The molecule has 4 aromatic rings. The third-order valence-corrected chi connectivity index (χ3v) is 3.95. The van der Waals surface area contributed by atoms with E-state index in [0.717, 1.165) is 29.9 Å². The molecule has 0 saturated carbocycles. The Bertz CT molecular complexity index is 912. The third kappa shape index (κ3) is 2.20. The van der Waals surface area contributed by atoms with Crippen molar-refractivity contribution in [2.45, 2.75) is 13.0 Å². The van der Waals surface area contributed by atoms with Crippen LogP contribution in [-0.4, -0.2) is 24.3 Å². The Hall–Kier alpha value is -2.82. The average Bonchev–Trinajstić information content (AvgIpc) is 3.24. The molecular formula is C17H17N5. The number of aromatic nitrogens is 5. The fourth-order valence-electron chi connectivity index (χ4n) is 2.86. The van der Waals surface area contributed by atoms with Crippen LogP contribution in [0.2, 0.25) is 0 Å². The number of fused-ring (bicyclic) bond motifs is 1. The molecule has 0 aliphatic heterocycles. The van der Waals surface area contributed by atoms with Crippen LogP contribution in [0.1, 0.15) is 5.56 Å². The maximum Gasteiger partial charge on any atom is 0.140 e. The number of imidazole rings is 1. The number of aromatic amines is 1. The highest BCUT2D eigenvalue weighted by Crippen LogP contribution is 2.27. The number of rotatable bonds is 4. The summed E-state index contributed by atoms with van der Waals surface area (Å²) >= 11 is 0. The number of nitrogens with one attached hydrogen (secondary N) is 1. The Balaban J connectivity index is 1.66. The Morgan fingerprint density at radius 2 is 2.18 bits per heavy atom. The Labute approximate surface area is 128 Å². The van der Waals surface area contributed by atoms with E-state index in [-0.39, 0.29) is 0 Å². The van der Waals surface area contributed by atoms with Gasteiger partial charge in [0.2, 0.25) is 0 Å². The summed E-state index contributed by atoms with van der Waals surface area (Å²) in [5.74, 6) is 1.01. The zero-order valence-electron chi connectivity index (χ0n) is 12.4. The van der Waals surface area contributed by atoms with Crippen LogP contribution in [0.4, 0.5) is 0 Å². The molecule has 110 valence electrons. The molecule has 0 atom stereocenters. The monoisotopic (exact) mass is 291 g/mol. The predicted molar refractivity (Wildman–Crippen MR) is 86.4 cm³/mol. The number of hydrogen-bond acceptors (Lipinski definition) is 2. The Morgan fingerprint density at radius 3 is 3.05 bits per heavy atom. The van der Waals surface area contributed by atoms with Gasteiger partial charge in [0, 0.05) is 54.8 Å². The lowest BCUT2D eigenvalue weighted by Gasteiger charge is -2.08. The first-order valence-corrected chi connectivity index (χ1v) is 7.36. The molecule has 3 aromatic heterocycles. The van der Waals surface area contributed by atoms with Crippen molar-refractivity contribution in [3.63, 3.8) is 0 Å². The van der Waals surface area contributed by atoms with Crippen molar-refractivity contribution in [2.75, 3.05) is 0 Å². The highest BCUT2D eigenvalue weighted by atomic mass is 15.2. The lowest BCUT2D eigenvalue weighted by Crippen LogP contribution is -2.02. The molecule has 0 fully saturated rings. The van der Waals surface area contributed by atoms with E-state index < -0.39 is 0 Å². The number of benzene rings is 1. The summed E-state index contributed by atoms with van der Waals surface area (Å²) in [7, 11) is 1.94. The van der Waals surface area contributed by atoms with E-state index in [1.807, 2.05) is 36.5 Å². The summed E-state index contributed by atoms with van der Waals surface area (Å²) in [5, 5.41) is 5.42. The first-order valence-electron chi connectivity index (χ1n) is 7.36. The van der Waals surface area contributed by atoms with Gasteiger partial charge in [0.1, 0.15) is 5.82 Å². The molecule has 0 spiro atoms. The predicted octanol–water partition coefficient (Wildman–Crippen LogP) is 3.01. The molecule has 3 heterocycles.